The fourth-order valence-corrected chi connectivity index (χ4v) is 9.09. The molecular formula is C31H32Cl2F2N4O7S2. The summed E-state index contributed by atoms with van der Waals surface area (Å²) < 4.78 is 71.5. The van der Waals surface area contributed by atoms with Crippen molar-refractivity contribution in [2.45, 2.75) is 55.1 Å². The van der Waals surface area contributed by atoms with Crippen molar-refractivity contribution in [1.29, 1.82) is 0 Å². The van der Waals surface area contributed by atoms with Gasteiger partial charge in [0.05, 0.1) is 16.7 Å². The van der Waals surface area contributed by atoms with Gasteiger partial charge >= 0.3 is 12.6 Å². The third kappa shape index (κ3) is 7.85. The van der Waals surface area contributed by atoms with E-state index >= 15 is 0 Å². The topological polar surface area (TPSA) is 131 Å². The summed E-state index contributed by atoms with van der Waals surface area (Å²) >= 11 is 13.9. The van der Waals surface area contributed by atoms with Crippen molar-refractivity contribution in [1.82, 2.24) is 19.2 Å². The number of thioether (sulfide) groups is 1. The standard InChI is InChI=1S/C31H32Cl2F2N4O7S2/c32-22-15-36-16-23(33)21(22)13-26(19-5-6-25(46-31(34)35)27(11-19)44-17-18-3-4-18)45-30(41)29-39(9-10-47-29)48(42,43)20-12-24(37-14-20)28(40)38-7-1-2-8-38/h5-6,11-12,14-16,18,26,29,31,37H,1-4,7-10,13,17H2/t26-,29-/m0/s1. The molecule has 1 N–H and O–H groups in total. The van der Waals surface area contributed by atoms with Gasteiger partial charge in [-0.25, -0.2) is 13.2 Å². The van der Waals surface area contributed by atoms with E-state index in [0.717, 1.165) is 41.8 Å². The lowest BCUT2D eigenvalue weighted by molar-refractivity contribution is -0.150. The molecular weight excluding hydrogens is 713 g/mol. The second-order valence-electron chi connectivity index (χ2n) is 11.6. The molecule has 11 nitrogen and oxygen atoms in total. The van der Waals surface area contributed by atoms with E-state index in [9.17, 15) is 26.8 Å². The van der Waals surface area contributed by atoms with Crippen LogP contribution >= 0.6 is 35.0 Å². The van der Waals surface area contributed by atoms with Gasteiger partial charge in [-0.1, -0.05) is 29.3 Å². The molecule has 3 fully saturated rings. The number of likely N-dealkylation sites (tertiary alicyclic amines) is 1. The molecule has 0 radical (unpaired) electrons. The van der Waals surface area contributed by atoms with Gasteiger partial charge in [-0.2, -0.15) is 13.1 Å². The lowest BCUT2D eigenvalue weighted by atomic mass is 10.0. The van der Waals surface area contributed by atoms with Crippen LogP contribution in [0.2, 0.25) is 10.0 Å². The maximum Gasteiger partial charge on any atom is 0.387 e. The highest BCUT2D eigenvalue weighted by Gasteiger charge is 2.43. The summed E-state index contributed by atoms with van der Waals surface area (Å²) in [5.41, 5.74) is 0.907. The minimum Gasteiger partial charge on any atom is -0.489 e. The number of ether oxygens (including phenoxy) is 3. The molecule has 1 saturated carbocycles. The Bertz CT molecular complexity index is 1750. The number of hydrogen-bond donors (Lipinski definition) is 1. The van der Waals surface area contributed by atoms with E-state index < -0.39 is 34.1 Å². The maximum absolute atomic E-state index is 13.8. The summed E-state index contributed by atoms with van der Waals surface area (Å²) in [6.07, 6.45) is 6.55. The first-order chi connectivity index (χ1) is 23.0. The van der Waals surface area contributed by atoms with Crippen LogP contribution in [0.3, 0.4) is 0 Å². The Labute approximate surface area is 290 Å². The summed E-state index contributed by atoms with van der Waals surface area (Å²) in [5, 5.41) is -0.837. The number of nitrogens with zero attached hydrogens (tertiary/aromatic N) is 3. The molecule has 2 aliphatic heterocycles. The predicted octanol–water partition coefficient (Wildman–Crippen LogP) is 5.93. The molecule has 6 rings (SSSR count). The molecule has 0 bridgehead atoms. The van der Waals surface area contributed by atoms with E-state index in [1.807, 2.05) is 0 Å². The first kappa shape index (κ1) is 34.7. The Kier molecular flexibility index (Phi) is 10.7. The van der Waals surface area contributed by atoms with Gasteiger partial charge in [0.15, 0.2) is 16.9 Å². The lowest BCUT2D eigenvalue weighted by Crippen LogP contribution is -2.40. The van der Waals surface area contributed by atoms with Crippen molar-refractivity contribution in [2.75, 3.05) is 32.0 Å². The average Bonchev–Trinajstić information content (AvgIpc) is 3.47. The molecule has 1 amide bonds. The second-order valence-corrected chi connectivity index (χ2v) is 15.5. The Morgan fingerprint density at radius 1 is 1.06 bits per heavy atom. The normalized spacial score (nSPS) is 19.1. The highest BCUT2D eigenvalue weighted by atomic mass is 35.5. The van der Waals surface area contributed by atoms with Crippen molar-refractivity contribution in [2.24, 2.45) is 5.92 Å². The van der Waals surface area contributed by atoms with Crippen LogP contribution in [0.4, 0.5) is 8.78 Å². The Morgan fingerprint density at radius 3 is 2.48 bits per heavy atom. The summed E-state index contributed by atoms with van der Waals surface area (Å²) in [4.78, 5) is 34.9. The van der Waals surface area contributed by atoms with Crippen LogP contribution in [-0.2, 0) is 26.0 Å². The van der Waals surface area contributed by atoms with Crippen LogP contribution in [0, 0.1) is 5.92 Å². The largest absolute Gasteiger partial charge is 0.489 e. The fourth-order valence-electron chi connectivity index (χ4n) is 5.53. The van der Waals surface area contributed by atoms with Crippen molar-refractivity contribution >= 4 is 56.9 Å². The summed E-state index contributed by atoms with van der Waals surface area (Å²) in [6.45, 7) is -1.57. The van der Waals surface area contributed by atoms with Gasteiger partial charge in [0.2, 0.25) is 10.0 Å². The zero-order valence-corrected chi connectivity index (χ0v) is 28.6. The maximum atomic E-state index is 13.8. The summed E-state index contributed by atoms with van der Waals surface area (Å²) in [6, 6.07) is 5.49. The van der Waals surface area contributed by atoms with Gasteiger partial charge < -0.3 is 24.1 Å². The van der Waals surface area contributed by atoms with Gasteiger partial charge in [-0.05, 0) is 60.9 Å². The molecule has 2 atom stereocenters. The molecule has 0 spiro atoms. The molecule has 3 aliphatic rings. The van der Waals surface area contributed by atoms with Gasteiger partial charge in [0.25, 0.3) is 5.91 Å². The molecule has 48 heavy (non-hydrogen) atoms. The number of pyridine rings is 1. The third-order valence-corrected chi connectivity index (χ3v) is 12.1. The highest BCUT2D eigenvalue weighted by molar-refractivity contribution is 8.02. The number of carbonyl (C=O) groups excluding carboxylic acids is 2. The number of sulfonamides is 1. The van der Waals surface area contributed by atoms with Gasteiger partial charge in [0.1, 0.15) is 16.7 Å². The lowest BCUT2D eigenvalue weighted by Gasteiger charge is -2.25. The van der Waals surface area contributed by atoms with Gasteiger partial charge in [-0.3, -0.25) is 9.78 Å². The van der Waals surface area contributed by atoms with E-state index in [0.29, 0.717) is 42.5 Å². The minimum atomic E-state index is -4.22. The quantitative estimate of drug-likeness (QED) is 0.212. The van der Waals surface area contributed by atoms with Crippen LogP contribution in [0.5, 0.6) is 11.5 Å². The highest BCUT2D eigenvalue weighted by Crippen LogP contribution is 2.39. The second kappa shape index (κ2) is 14.8. The average molecular weight is 746 g/mol. The molecule has 1 aliphatic carbocycles. The number of benzene rings is 1. The third-order valence-electron chi connectivity index (χ3n) is 8.26. The molecule has 2 aromatic heterocycles. The van der Waals surface area contributed by atoms with E-state index in [2.05, 4.69) is 14.7 Å². The van der Waals surface area contributed by atoms with Crippen molar-refractivity contribution in [3.8, 4) is 11.5 Å². The predicted molar refractivity (Wildman–Crippen MR) is 174 cm³/mol. The van der Waals surface area contributed by atoms with E-state index in [1.165, 1.54) is 42.9 Å². The Hall–Kier alpha value is -3.11. The van der Waals surface area contributed by atoms with Crippen LogP contribution in [-0.4, -0.2) is 83.4 Å². The molecule has 0 unspecified atom stereocenters. The van der Waals surface area contributed by atoms with Crippen molar-refractivity contribution < 1.29 is 41.0 Å². The van der Waals surface area contributed by atoms with Crippen molar-refractivity contribution in [3.05, 3.63) is 69.7 Å². The SMILES string of the molecule is O=C(O[C@@H](Cc1c(Cl)cncc1Cl)c1ccc(OC(F)F)c(OCC2CC2)c1)[C@@H]1SCCN1S(=O)(=O)c1c[nH]c(C(=O)N2CCCC2)c1. The number of aromatic amines is 1. The Morgan fingerprint density at radius 2 is 1.79 bits per heavy atom. The molecule has 4 heterocycles. The fraction of sp³-hybridized carbons (Fsp3) is 0.452. The number of alkyl halides is 2. The van der Waals surface area contributed by atoms with Crippen LogP contribution in [0.15, 0.2) is 47.8 Å². The van der Waals surface area contributed by atoms with Crippen LogP contribution in [0.1, 0.15) is 53.4 Å². The first-order valence-electron chi connectivity index (χ1n) is 15.3. The Balaban J connectivity index is 1.27. The van der Waals surface area contributed by atoms with Gasteiger partial charge in [0, 0.05) is 50.4 Å². The molecule has 258 valence electrons. The summed E-state index contributed by atoms with van der Waals surface area (Å²) in [5.74, 6) is -0.671. The number of H-pyrrole nitrogens is 1. The molecule has 17 heteroatoms. The van der Waals surface area contributed by atoms with E-state index in [1.54, 1.807) is 4.90 Å². The number of rotatable bonds is 13. The number of halogens is 4. The number of carbonyl (C=O) groups is 2. The number of nitrogens with one attached hydrogen (secondary N) is 1. The van der Waals surface area contributed by atoms with Crippen LogP contribution in [0.25, 0.3) is 0 Å². The summed E-state index contributed by atoms with van der Waals surface area (Å²) in [7, 11) is -4.22. The molecule has 3 aromatic rings. The monoisotopic (exact) mass is 744 g/mol. The number of esters is 1. The van der Waals surface area contributed by atoms with Crippen molar-refractivity contribution in [3.63, 3.8) is 0 Å². The van der Waals surface area contributed by atoms with E-state index in [-0.39, 0.29) is 51.0 Å². The molecule has 1 aromatic carbocycles. The number of aromatic nitrogens is 2. The first-order valence-corrected chi connectivity index (χ1v) is 18.6. The number of amides is 1. The zero-order valence-electron chi connectivity index (χ0n) is 25.4. The van der Waals surface area contributed by atoms with Crippen LogP contribution < -0.4 is 9.47 Å². The minimum absolute atomic E-state index is 0.0266. The number of hydrogen-bond acceptors (Lipinski definition) is 9. The smallest absolute Gasteiger partial charge is 0.387 e. The molecule has 2 saturated heterocycles. The van der Waals surface area contributed by atoms with Gasteiger partial charge in [-0.15, -0.1) is 11.8 Å². The zero-order chi connectivity index (χ0) is 34.0. The van der Waals surface area contributed by atoms with E-state index in [4.69, 9.17) is 32.7 Å².